The van der Waals surface area contributed by atoms with Crippen molar-refractivity contribution in [3.63, 3.8) is 0 Å². The Hall–Kier alpha value is -1.59. The second-order valence-corrected chi connectivity index (χ2v) is 8.75. The second-order valence-electron chi connectivity index (χ2n) is 8.75. The predicted molar refractivity (Wildman–Crippen MR) is 106 cm³/mol. The first-order valence-electron chi connectivity index (χ1n) is 9.81. The van der Waals surface area contributed by atoms with Gasteiger partial charge in [0.2, 0.25) is 0 Å². The molecule has 0 aromatic heterocycles. The molecule has 5 nitrogen and oxygen atoms in total. The molecule has 1 aromatic rings. The number of hydrogen-bond donors (Lipinski definition) is 0. The number of piperazine rings is 1. The predicted octanol–water partition coefficient (Wildman–Crippen LogP) is 3.51. The molecule has 1 aromatic carbocycles. The van der Waals surface area contributed by atoms with E-state index >= 15 is 0 Å². The zero-order valence-electron chi connectivity index (χ0n) is 16.9. The van der Waals surface area contributed by atoms with Crippen LogP contribution in [0.3, 0.4) is 0 Å². The summed E-state index contributed by atoms with van der Waals surface area (Å²) in [6.07, 6.45) is 0.664. The van der Waals surface area contributed by atoms with Crippen LogP contribution in [0.1, 0.15) is 45.7 Å². The largest absolute Gasteiger partial charge is 0.443 e. The van der Waals surface area contributed by atoms with Gasteiger partial charge < -0.3 is 4.74 Å². The first-order chi connectivity index (χ1) is 12.2. The number of carbonyl (C=O) groups excluding carboxylic acids is 1. The number of hydrogen-bond acceptors (Lipinski definition) is 4. The van der Waals surface area contributed by atoms with Crippen LogP contribution in [-0.4, -0.2) is 60.3 Å². The van der Waals surface area contributed by atoms with Crippen molar-refractivity contribution in [2.24, 2.45) is 0 Å². The van der Waals surface area contributed by atoms with E-state index in [-0.39, 0.29) is 6.09 Å². The molecule has 1 saturated heterocycles. The molecule has 2 aliphatic heterocycles. The van der Waals surface area contributed by atoms with Gasteiger partial charge in [-0.2, -0.15) is 0 Å². The molecule has 2 heterocycles. The van der Waals surface area contributed by atoms with Crippen LogP contribution in [0, 0.1) is 0 Å². The molecule has 144 valence electrons. The maximum Gasteiger partial charge on any atom is 0.414 e. The SMILES string of the molecule is CC(C)N1CCN(Cc2ccc3c(c2)CCN3C(=O)OC(C)(C)C)CC1. The lowest BCUT2D eigenvalue weighted by molar-refractivity contribution is 0.0584. The molecule has 0 unspecified atom stereocenters. The van der Waals surface area contributed by atoms with Crippen LogP contribution < -0.4 is 4.90 Å². The monoisotopic (exact) mass is 359 g/mol. The minimum Gasteiger partial charge on any atom is -0.443 e. The normalized spacial score (nSPS) is 19.1. The van der Waals surface area contributed by atoms with Gasteiger partial charge in [-0.1, -0.05) is 12.1 Å². The molecule has 1 amide bonds. The number of rotatable bonds is 3. The molecule has 1 fully saturated rings. The lowest BCUT2D eigenvalue weighted by atomic mass is 10.1. The van der Waals surface area contributed by atoms with Crippen molar-refractivity contribution in [3.05, 3.63) is 29.3 Å². The van der Waals surface area contributed by atoms with Gasteiger partial charge in [0, 0.05) is 45.3 Å². The fourth-order valence-electron chi connectivity index (χ4n) is 3.76. The maximum absolute atomic E-state index is 12.4. The highest BCUT2D eigenvalue weighted by atomic mass is 16.6. The summed E-state index contributed by atoms with van der Waals surface area (Å²) >= 11 is 0. The Morgan fingerprint density at radius 2 is 1.81 bits per heavy atom. The summed E-state index contributed by atoms with van der Waals surface area (Å²) < 4.78 is 5.53. The van der Waals surface area contributed by atoms with Crippen LogP contribution in [0.2, 0.25) is 0 Å². The van der Waals surface area contributed by atoms with E-state index in [1.165, 1.54) is 11.1 Å². The Balaban J connectivity index is 1.61. The van der Waals surface area contributed by atoms with E-state index in [2.05, 4.69) is 41.8 Å². The Morgan fingerprint density at radius 1 is 1.12 bits per heavy atom. The molecule has 0 bridgehead atoms. The number of benzene rings is 1. The highest BCUT2D eigenvalue weighted by molar-refractivity contribution is 5.90. The third-order valence-electron chi connectivity index (χ3n) is 5.20. The summed E-state index contributed by atoms with van der Waals surface area (Å²) in [5.41, 5.74) is 3.15. The number of carbonyl (C=O) groups is 1. The van der Waals surface area contributed by atoms with Crippen LogP contribution >= 0.6 is 0 Å². The summed E-state index contributed by atoms with van der Waals surface area (Å²) in [6.45, 7) is 16.5. The lowest BCUT2D eigenvalue weighted by Gasteiger charge is -2.37. The van der Waals surface area contributed by atoms with Gasteiger partial charge in [-0.15, -0.1) is 0 Å². The zero-order valence-corrected chi connectivity index (χ0v) is 16.9. The van der Waals surface area contributed by atoms with Crippen LogP contribution in [-0.2, 0) is 17.7 Å². The van der Waals surface area contributed by atoms with Gasteiger partial charge in [0.1, 0.15) is 5.60 Å². The van der Waals surface area contributed by atoms with Crippen molar-refractivity contribution in [2.75, 3.05) is 37.6 Å². The smallest absolute Gasteiger partial charge is 0.414 e. The molecule has 0 saturated carbocycles. The molecule has 26 heavy (non-hydrogen) atoms. The van der Waals surface area contributed by atoms with E-state index in [1.807, 2.05) is 20.8 Å². The standard InChI is InChI=1S/C21H33N3O2/c1-16(2)23-12-10-22(11-13-23)15-17-6-7-19-18(14-17)8-9-24(19)20(25)26-21(3,4)5/h6-7,14,16H,8-13,15H2,1-5H3. The molecular weight excluding hydrogens is 326 g/mol. The van der Waals surface area contributed by atoms with Gasteiger partial charge in [-0.3, -0.25) is 14.7 Å². The van der Waals surface area contributed by atoms with Crippen LogP contribution in [0.25, 0.3) is 0 Å². The minimum atomic E-state index is -0.460. The van der Waals surface area contributed by atoms with Crippen LogP contribution in [0.4, 0.5) is 10.5 Å². The Morgan fingerprint density at radius 3 is 2.42 bits per heavy atom. The Labute approximate surface area is 157 Å². The maximum atomic E-state index is 12.4. The molecule has 0 spiro atoms. The van der Waals surface area contributed by atoms with Gasteiger partial charge in [-0.25, -0.2) is 4.79 Å². The Bertz CT molecular complexity index is 643. The average Bonchev–Trinajstić information content (AvgIpc) is 2.97. The second kappa shape index (κ2) is 7.57. The van der Waals surface area contributed by atoms with E-state index in [9.17, 15) is 4.79 Å². The number of amides is 1. The van der Waals surface area contributed by atoms with Gasteiger partial charge >= 0.3 is 6.09 Å². The third kappa shape index (κ3) is 4.57. The molecule has 3 rings (SSSR count). The minimum absolute atomic E-state index is 0.242. The van der Waals surface area contributed by atoms with E-state index in [4.69, 9.17) is 4.74 Å². The number of fused-ring (bicyclic) bond motifs is 1. The van der Waals surface area contributed by atoms with Crippen molar-refractivity contribution in [1.29, 1.82) is 0 Å². The molecule has 0 radical (unpaired) electrons. The van der Waals surface area contributed by atoms with Crippen LogP contribution in [0.5, 0.6) is 0 Å². The summed E-state index contributed by atoms with van der Waals surface area (Å²) in [6, 6.07) is 7.16. The van der Waals surface area contributed by atoms with E-state index in [0.29, 0.717) is 12.6 Å². The fraction of sp³-hybridized carbons (Fsp3) is 0.667. The average molecular weight is 360 g/mol. The summed E-state index contributed by atoms with van der Waals surface area (Å²) in [5.74, 6) is 0. The van der Waals surface area contributed by atoms with E-state index in [0.717, 1.165) is 44.8 Å². The third-order valence-corrected chi connectivity index (χ3v) is 5.20. The van der Waals surface area contributed by atoms with Crippen molar-refractivity contribution in [1.82, 2.24) is 9.80 Å². The van der Waals surface area contributed by atoms with Crippen molar-refractivity contribution in [3.8, 4) is 0 Å². The molecule has 0 N–H and O–H groups in total. The number of nitrogens with zero attached hydrogens (tertiary/aromatic N) is 3. The fourth-order valence-corrected chi connectivity index (χ4v) is 3.76. The quantitative estimate of drug-likeness (QED) is 0.827. The highest BCUT2D eigenvalue weighted by Gasteiger charge is 2.29. The first-order valence-corrected chi connectivity index (χ1v) is 9.81. The van der Waals surface area contributed by atoms with E-state index in [1.54, 1.807) is 4.90 Å². The van der Waals surface area contributed by atoms with Crippen molar-refractivity contribution in [2.45, 2.75) is 59.2 Å². The number of ether oxygens (including phenoxy) is 1. The first kappa shape index (κ1) is 19.2. The molecule has 0 aliphatic carbocycles. The molecule has 0 atom stereocenters. The highest BCUT2D eigenvalue weighted by Crippen LogP contribution is 2.30. The van der Waals surface area contributed by atoms with Gasteiger partial charge in [0.15, 0.2) is 0 Å². The molecule has 5 heteroatoms. The zero-order chi connectivity index (χ0) is 18.9. The topological polar surface area (TPSA) is 36.0 Å². The summed E-state index contributed by atoms with van der Waals surface area (Å²) in [4.78, 5) is 19.2. The van der Waals surface area contributed by atoms with E-state index < -0.39 is 5.60 Å². The van der Waals surface area contributed by atoms with Gasteiger partial charge in [-0.05, 0) is 58.2 Å². The lowest BCUT2D eigenvalue weighted by Crippen LogP contribution is -2.48. The molecular formula is C21H33N3O2. The summed E-state index contributed by atoms with van der Waals surface area (Å²) in [5, 5.41) is 0. The molecule has 2 aliphatic rings. The summed E-state index contributed by atoms with van der Waals surface area (Å²) in [7, 11) is 0. The van der Waals surface area contributed by atoms with Gasteiger partial charge in [0.05, 0.1) is 5.69 Å². The number of anilines is 1. The Kier molecular flexibility index (Phi) is 5.58. The van der Waals surface area contributed by atoms with Crippen molar-refractivity contribution < 1.29 is 9.53 Å². The van der Waals surface area contributed by atoms with Gasteiger partial charge in [0.25, 0.3) is 0 Å². The van der Waals surface area contributed by atoms with Crippen LogP contribution in [0.15, 0.2) is 18.2 Å². The van der Waals surface area contributed by atoms with Crippen molar-refractivity contribution >= 4 is 11.8 Å².